The number of phenols is 1. The molecule has 0 aromatic heterocycles. The molecule has 0 radical (unpaired) electrons. The summed E-state index contributed by atoms with van der Waals surface area (Å²) in [5.41, 5.74) is 0.356. The molecule has 0 aliphatic rings. The van der Waals surface area contributed by atoms with E-state index in [0.717, 1.165) is 22.2 Å². The molecule has 4 N–H and O–H groups in total. The molecule has 2 amide bonds. The Morgan fingerprint density at radius 3 is 1.37 bits per heavy atom. The molecule has 0 aliphatic heterocycles. The van der Waals surface area contributed by atoms with Crippen molar-refractivity contribution >= 4 is 56.0 Å². The Kier molecular flexibility index (Phi) is 22.0. The maximum atomic E-state index is 11.9. The van der Waals surface area contributed by atoms with Gasteiger partial charge in [-0.3, -0.25) is 0 Å². The van der Waals surface area contributed by atoms with Crippen molar-refractivity contribution in [3.05, 3.63) is 59.7 Å². The van der Waals surface area contributed by atoms with E-state index in [1.807, 2.05) is 24.3 Å². The third kappa shape index (κ3) is 22.7. The predicted octanol–water partition coefficient (Wildman–Crippen LogP) is 5.44. The van der Waals surface area contributed by atoms with Crippen LogP contribution in [0.4, 0.5) is 9.59 Å². The van der Waals surface area contributed by atoms with Gasteiger partial charge in [0.1, 0.15) is 34.8 Å². The molecule has 0 bridgehead atoms. The van der Waals surface area contributed by atoms with Gasteiger partial charge >= 0.3 is 24.1 Å². The van der Waals surface area contributed by atoms with Gasteiger partial charge in [0, 0.05) is 23.5 Å². The second kappa shape index (κ2) is 23.7. The number of carbonyl (C=O) groups is 4. The van der Waals surface area contributed by atoms with Gasteiger partial charge in [-0.25, -0.2) is 19.2 Å². The number of alkyl halides is 2. The van der Waals surface area contributed by atoms with Crippen molar-refractivity contribution in [3.8, 4) is 11.5 Å². The number of phenolic OH excluding ortho intramolecular Hbond substituents is 1. The van der Waals surface area contributed by atoms with Crippen LogP contribution in [-0.4, -0.2) is 95.7 Å². The first kappa shape index (κ1) is 45.4. The van der Waals surface area contributed by atoms with Gasteiger partial charge in [-0.05, 0) is 76.9 Å². The number of nitrogens with one attached hydrogen (secondary N) is 2. The van der Waals surface area contributed by atoms with E-state index in [1.165, 1.54) is 26.4 Å². The van der Waals surface area contributed by atoms with Gasteiger partial charge in [0.15, 0.2) is 0 Å². The highest BCUT2D eigenvalue weighted by Crippen LogP contribution is 2.15. The molecule has 2 aromatic carbocycles. The van der Waals surface area contributed by atoms with E-state index in [0.29, 0.717) is 18.4 Å². The molecule has 2 atom stereocenters. The van der Waals surface area contributed by atoms with Crippen LogP contribution in [0.5, 0.6) is 11.5 Å². The SMILES string of the molecule is COC(=O)C(Cc1ccc(O)cc1)NC(=O)OC(C)(C)C.COC(=O)C(Cc1ccc(OCCBr)cc1)NC(=O)OC(C)(C)C.OCCBr. The number of hydrogen-bond donors (Lipinski definition) is 4. The molecular weight excluding hydrogens is 772 g/mol. The van der Waals surface area contributed by atoms with Crippen LogP contribution in [0.2, 0.25) is 0 Å². The molecule has 15 heteroatoms. The molecule has 0 saturated heterocycles. The Bertz CT molecular complexity index is 1260. The van der Waals surface area contributed by atoms with E-state index in [2.05, 4.69) is 47.2 Å². The van der Waals surface area contributed by atoms with E-state index in [-0.39, 0.29) is 18.8 Å². The molecular formula is C34H50Br2N2O11. The molecule has 0 heterocycles. The highest BCUT2D eigenvalue weighted by molar-refractivity contribution is 9.09. The van der Waals surface area contributed by atoms with Crippen LogP contribution in [0.1, 0.15) is 52.7 Å². The number of benzene rings is 2. The summed E-state index contributed by atoms with van der Waals surface area (Å²) in [6.07, 6.45) is -0.802. The number of carbonyl (C=O) groups excluding carboxylic acids is 4. The van der Waals surface area contributed by atoms with Gasteiger partial charge in [0.2, 0.25) is 0 Å². The van der Waals surface area contributed by atoms with Crippen LogP contribution in [0.3, 0.4) is 0 Å². The van der Waals surface area contributed by atoms with Gasteiger partial charge in [-0.2, -0.15) is 0 Å². The van der Waals surface area contributed by atoms with Crippen molar-refractivity contribution in [1.82, 2.24) is 10.6 Å². The largest absolute Gasteiger partial charge is 0.508 e. The molecule has 276 valence electrons. The van der Waals surface area contributed by atoms with Gasteiger partial charge in [0.05, 0.1) is 27.4 Å². The van der Waals surface area contributed by atoms with Crippen molar-refractivity contribution < 1.29 is 53.1 Å². The van der Waals surface area contributed by atoms with Crippen LogP contribution in [0.25, 0.3) is 0 Å². The second-order valence-electron chi connectivity index (χ2n) is 12.1. The van der Waals surface area contributed by atoms with Crippen LogP contribution in [-0.2, 0) is 41.4 Å². The van der Waals surface area contributed by atoms with Crippen molar-refractivity contribution in [2.75, 3.05) is 38.1 Å². The maximum absolute atomic E-state index is 11.9. The molecule has 2 unspecified atom stereocenters. The molecule has 13 nitrogen and oxygen atoms in total. The van der Waals surface area contributed by atoms with Crippen LogP contribution in [0.15, 0.2) is 48.5 Å². The Labute approximate surface area is 305 Å². The normalized spacial score (nSPS) is 11.9. The third-order valence-electron chi connectivity index (χ3n) is 5.52. The summed E-state index contributed by atoms with van der Waals surface area (Å²) in [5.74, 6) is -0.212. The zero-order valence-electron chi connectivity index (χ0n) is 29.3. The summed E-state index contributed by atoms with van der Waals surface area (Å²) in [6.45, 7) is 11.3. The van der Waals surface area contributed by atoms with E-state index in [4.69, 9.17) is 24.1 Å². The average Bonchev–Trinajstić information content (AvgIpc) is 3.02. The number of aliphatic hydroxyl groups excluding tert-OH is 1. The van der Waals surface area contributed by atoms with Gasteiger partial charge in [-0.15, -0.1) is 0 Å². The lowest BCUT2D eigenvalue weighted by Crippen LogP contribution is -2.45. The standard InChI is InChI=1S/C17H24BrNO5.C15H21NO5.C2H5BrO/c1-17(2,3)24-16(21)19-14(15(20)22-4)11-12-5-7-13(8-6-12)23-10-9-18;1-15(2,3)21-14(19)16-12(13(18)20-4)9-10-5-7-11(17)8-6-10;3-1-2-4/h5-8,14H,9-11H2,1-4H3,(H,19,21);5-8,12,17H,9H2,1-4H3,(H,16,19);4H,1-2H2. The lowest BCUT2D eigenvalue weighted by atomic mass is 10.1. The van der Waals surface area contributed by atoms with Crippen LogP contribution < -0.4 is 15.4 Å². The zero-order valence-corrected chi connectivity index (χ0v) is 32.5. The first-order valence-electron chi connectivity index (χ1n) is 15.2. The number of alkyl carbamates (subject to hydrolysis) is 2. The number of aromatic hydroxyl groups is 1. The number of halogens is 2. The molecule has 49 heavy (non-hydrogen) atoms. The minimum Gasteiger partial charge on any atom is -0.508 e. The quantitative estimate of drug-likeness (QED) is 0.122. The second-order valence-corrected chi connectivity index (χ2v) is 13.7. The number of hydrogen-bond acceptors (Lipinski definition) is 11. The minimum atomic E-state index is -0.852. The smallest absolute Gasteiger partial charge is 0.408 e. The van der Waals surface area contributed by atoms with Gasteiger partial charge in [-0.1, -0.05) is 56.1 Å². The summed E-state index contributed by atoms with van der Waals surface area (Å²) in [5, 5.41) is 23.5. The summed E-state index contributed by atoms with van der Waals surface area (Å²) in [6, 6.07) is 12.0. The van der Waals surface area contributed by atoms with Gasteiger partial charge < -0.3 is 44.5 Å². The minimum absolute atomic E-state index is 0.133. The number of rotatable bonds is 12. The number of methoxy groups -OCH3 is 2. The first-order chi connectivity index (χ1) is 22.9. The maximum Gasteiger partial charge on any atom is 0.408 e. The molecule has 0 saturated carbocycles. The number of ether oxygens (including phenoxy) is 5. The molecule has 0 aliphatic carbocycles. The van der Waals surface area contributed by atoms with Crippen molar-refractivity contribution in [2.24, 2.45) is 0 Å². The summed E-state index contributed by atoms with van der Waals surface area (Å²) >= 11 is 6.29. The van der Waals surface area contributed by atoms with Gasteiger partial charge in [0.25, 0.3) is 0 Å². The van der Waals surface area contributed by atoms with Crippen molar-refractivity contribution in [3.63, 3.8) is 0 Å². The molecule has 2 rings (SSSR count). The zero-order chi connectivity index (χ0) is 37.6. The van der Waals surface area contributed by atoms with Crippen molar-refractivity contribution in [2.45, 2.75) is 77.7 Å². The van der Waals surface area contributed by atoms with Crippen molar-refractivity contribution in [1.29, 1.82) is 0 Å². The summed E-state index contributed by atoms with van der Waals surface area (Å²) in [7, 11) is 2.53. The van der Waals surface area contributed by atoms with E-state index in [9.17, 15) is 24.3 Å². The van der Waals surface area contributed by atoms with E-state index in [1.54, 1.807) is 53.7 Å². The third-order valence-corrected chi connectivity index (χ3v) is 6.20. The molecule has 0 fully saturated rings. The Balaban J connectivity index is 0.000000853. The number of aliphatic hydroxyl groups is 1. The lowest BCUT2D eigenvalue weighted by molar-refractivity contribution is -0.143. The average molecular weight is 823 g/mol. The Morgan fingerprint density at radius 1 is 0.694 bits per heavy atom. The monoisotopic (exact) mass is 820 g/mol. The highest BCUT2D eigenvalue weighted by atomic mass is 79.9. The Hall–Kier alpha value is -3.56. The molecule has 0 spiro atoms. The van der Waals surface area contributed by atoms with E-state index >= 15 is 0 Å². The summed E-state index contributed by atoms with van der Waals surface area (Å²) in [4.78, 5) is 47.3. The first-order valence-corrected chi connectivity index (χ1v) is 17.5. The fourth-order valence-corrected chi connectivity index (χ4v) is 3.71. The number of esters is 2. The topological polar surface area (TPSA) is 179 Å². The predicted molar refractivity (Wildman–Crippen MR) is 192 cm³/mol. The summed E-state index contributed by atoms with van der Waals surface area (Å²) < 4.78 is 25.2. The van der Waals surface area contributed by atoms with Crippen LogP contribution in [0, 0.1) is 0 Å². The molecule has 2 aromatic rings. The Morgan fingerprint density at radius 2 is 1.06 bits per heavy atom. The number of amides is 2. The van der Waals surface area contributed by atoms with E-state index < -0.39 is 47.4 Å². The lowest BCUT2D eigenvalue weighted by Gasteiger charge is -2.22. The van der Waals surface area contributed by atoms with Crippen LogP contribution >= 0.6 is 31.9 Å². The fraction of sp³-hybridized carbons (Fsp3) is 0.529. The fourth-order valence-electron chi connectivity index (χ4n) is 3.55. The highest BCUT2D eigenvalue weighted by Gasteiger charge is 2.26.